The fraction of sp³-hybridized carbons (Fsp3) is 0.0833. The van der Waals surface area contributed by atoms with E-state index in [1.165, 1.54) is 0 Å². The maximum atomic E-state index is 11.2. The number of hydrogen-bond acceptors (Lipinski definition) is 3. The number of hydrogen-bond donors (Lipinski definition) is 3. The predicted molar refractivity (Wildman–Crippen MR) is 69.1 cm³/mol. The van der Waals surface area contributed by atoms with Gasteiger partial charge in [-0.2, -0.15) is 0 Å². The van der Waals surface area contributed by atoms with Crippen molar-refractivity contribution >= 4 is 27.8 Å². The van der Waals surface area contributed by atoms with E-state index in [4.69, 9.17) is 11.5 Å². The van der Waals surface area contributed by atoms with Crippen molar-refractivity contribution in [2.45, 2.75) is 10.9 Å². The van der Waals surface area contributed by atoms with Gasteiger partial charge in [0.1, 0.15) is 6.04 Å². The first kappa shape index (κ1) is 12.7. The first-order valence-corrected chi connectivity index (χ1v) is 6.30. The SMILES string of the molecule is NC(=O)C(N)c1cccc2c(S(=O)O)cccc12. The van der Waals surface area contributed by atoms with Crippen LogP contribution in [0.15, 0.2) is 41.3 Å². The van der Waals surface area contributed by atoms with Gasteiger partial charge in [0.2, 0.25) is 5.91 Å². The van der Waals surface area contributed by atoms with Crippen LogP contribution in [-0.2, 0) is 15.9 Å². The topological polar surface area (TPSA) is 106 Å². The van der Waals surface area contributed by atoms with Crippen molar-refractivity contribution in [1.29, 1.82) is 0 Å². The first-order chi connectivity index (χ1) is 8.52. The highest BCUT2D eigenvalue weighted by Gasteiger charge is 2.16. The van der Waals surface area contributed by atoms with Gasteiger partial charge in [0.05, 0.1) is 4.90 Å². The molecular formula is C12H12N2O3S. The van der Waals surface area contributed by atoms with Crippen LogP contribution in [0.2, 0.25) is 0 Å². The summed E-state index contributed by atoms with van der Waals surface area (Å²) in [6.07, 6.45) is 0. The van der Waals surface area contributed by atoms with Gasteiger partial charge in [-0.05, 0) is 17.0 Å². The summed E-state index contributed by atoms with van der Waals surface area (Å²) in [5.41, 5.74) is 11.4. The number of benzene rings is 2. The second-order valence-electron chi connectivity index (χ2n) is 3.83. The number of nitrogens with two attached hydrogens (primary N) is 2. The third-order valence-corrected chi connectivity index (χ3v) is 3.48. The van der Waals surface area contributed by atoms with Gasteiger partial charge in [-0.3, -0.25) is 4.79 Å². The molecule has 0 saturated carbocycles. The monoisotopic (exact) mass is 264 g/mol. The van der Waals surface area contributed by atoms with Crippen molar-refractivity contribution in [1.82, 2.24) is 0 Å². The van der Waals surface area contributed by atoms with Crippen LogP contribution < -0.4 is 11.5 Å². The zero-order valence-electron chi connectivity index (χ0n) is 9.37. The van der Waals surface area contributed by atoms with Crippen molar-refractivity contribution in [2.75, 3.05) is 0 Å². The molecule has 2 unspecified atom stereocenters. The summed E-state index contributed by atoms with van der Waals surface area (Å²) in [5.74, 6) is -0.641. The lowest BCUT2D eigenvalue weighted by Gasteiger charge is -2.12. The molecule has 0 aromatic heterocycles. The van der Waals surface area contributed by atoms with Crippen LogP contribution in [0, 0.1) is 0 Å². The molecule has 0 heterocycles. The number of carbonyl (C=O) groups is 1. The molecule has 5 nitrogen and oxygen atoms in total. The molecule has 18 heavy (non-hydrogen) atoms. The van der Waals surface area contributed by atoms with E-state index in [-0.39, 0.29) is 4.90 Å². The molecule has 0 saturated heterocycles. The zero-order valence-corrected chi connectivity index (χ0v) is 10.2. The molecule has 6 heteroatoms. The summed E-state index contributed by atoms with van der Waals surface area (Å²) in [6, 6.07) is 9.07. The Morgan fingerprint density at radius 2 is 1.78 bits per heavy atom. The number of carbonyl (C=O) groups excluding carboxylic acids is 1. The Balaban J connectivity index is 2.75. The lowest BCUT2D eigenvalue weighted by atomic mass is 9.99. The highest BCUT2D eigenvalue weighted by atomic mass is 32.2. The van der Waals surface area contributed by atoms with Crippen LogP contribution in [0.4, 0.5) is 0 Å². The van der Waals surface area contributed by atoms with Crippen molar-refractivity contribution in [3.8, 4) is 0 Å². The number of amides is 1. The Bertz CT molecular complexity index is 642. The lowest BCUT2D eigenvalue weighted by Crippen LogP contribution is -2.28. The van der Waals surface area contributed by atoms with Gasteiger partial charge in [0.15, 0.2) is 11.1 Å². The lowest BCUT2D eigenvalue weighted by molar-refractivity contribution is -0.119. The predicted octanol–water partition coefficient (Wildman–Crippen LogP) is 0.906. The van der Waals surface area contributed by atoms with E-state index in [2.05, 4.69) is 0 Å². The Hall–Kier alpha value is -1.76. The van der Waals surface area contributed by atoms with E-state index in [0.717, 1.165) is 0 Å². The third kappa shape index (κ3) is 2.13. The van der Waals surface area contributed by atoms with E-state index in [9.17, 15) is 13.6 Å². The average Bonchev–Trinajstić information content (AvgIpc) is 2.36. The summed E-state index contributed by atoms with van der Waals surface area (Å²) in [6.45, 7) is 0. The summed E-state index contributed by atoms with van der Waals surface area (Å²) >= 11 is -2.09. The number of primary amides is 1. The fourth-order valence-corrected chi connectivity index (χ4v) is 2.44. The van der Waals surface area contributed by atoms with Gasteiger partial charge < -0.3 is 16.0 Å². The molecule has 0 bridgehead atoms. The largest absolute Gasteiger partial charge is 0.368 e. The second kappa shape index (κ2) is 4.85. The van der Waals surface area contributed by atoms with Crippen LogP contribution in [-0.4, -0.2) is 14.7 Å². The molecule has 2 rings (SSSR count). The molecule has 0 radical (unpaired) electrons. The molecule has 94 valence electrons. The molecule has 0 aliphatic rings. The molecule has 0 spiro atoms. The van der Waals surface area contributed by atoms with Gasteiger partial charge >= 0.3 is 0 Å². The van der Waals surface area contributed by atoms with Crippen LogP contribution in [0.3, 0.4) is 0 Å². The van der Waals surface area contributed by atoms with Crippen LogP contribution in [0.25, 0.3) is 10.8 Å². The minimum atomic E-state index is -2.09. The van der Waals surface area contributed by atoms with Gasteiger partial charge in [-0.15, -0.1) is 0 Å². The highest BCUT2D eigenvalue weighted by molar-refractivity contribution is 7.79. The zero-order chi connectivity index (χ0) is 13.3. The Kier molecular flexibility index (Phi) is 3.42. The average molecular weight is 264 g/mol. The summed E-state index contributed by atoms with van der Waals surface area (Å²) in [5, 5.41) is 1.25. The third-order valence-electron chi connectivity index (χ3n) is 2.75. The van der Waals surface area contributed by atoms with Crippen LogP contribution in [0.1, 0.15) is 11.6 Å². The molecule has 5 N–H and O–H groups in total. The van der Waals surface area contributed by atoms with E-state index >= 15 is 0 Å². The molecule has 2 atom stereocenters. The van der Waals surface area contributed by atoms with Crippen molar-refractivity contribution in [3.63, 3.8) is 0 Å². The first-order valence-electron chi connectivity index (χ1n) is 5.19. The Morgan fingerprint density at radius 3 is 2.39 bits per heavy atom. The summed E-state index contributed by atoms with van der Waals surface area (Å²) < 4.78 is 20.4. The molecule has 0 aliphatic heterocycles. The highest BCUT2D eigenvalue weighted by Crippen LogP contribution is 2.27. The second-order valence-corrected chi connectivity index (χ2v) is 4.77. The molecule has 0 aliphatic carbocycles. The van der Waals surface area contributed by atoms with Crippen molar-refractivity contribution < 1.29 is 13.6 Å². The van der Waals surface area contributed by atoms with Crippen molar-refractivity contribution in [2.24, 2.45) is 11.5 Å². The minimum absolute atomic E-state index is 0.283. The maximum absolute atomic E-state index is 11.2. The number of fused-ring (bicyclic) bond motifs is 1. The van der Waals surface area contributed by atoms with E-state index < -0.39 is 23.0 Å². The smallest absolute Gasteiger partial charge is 0.238 e. The van der Waals surface area contributed by atoms with Gasteiger partial charge in [0, 0.05) is 5.39 Å². The molecule has 2 aromatic carbocycles. The van der Waals surface area contributed by atoms with E-state index in [1.807, 2.05) is 0 Å². The van der Waals surface area contributed by atoms with Gasteiger partial charge in [-0.1, -0.05) is 30.3 Å². The fourth-order valence-electron chi connectivity index (χ4n) is 1.88. The van der Waals surface area contributed by atoms with Gasteiger partial charge in [0.25, 0.3) is 0 Å². The molecule has 1 amide bonds. The van der Waals surface area contributed by atoms with E-state index in [0.29, 0.717) is 16.3 Å². The maximum Gasteiger partial charge on any atom is 0.238 e. The standard InChI is InChI=1S/C12H12N2O3S/c13-11(12(14)15)9-5-1-4-8-7(9)3-2-6-10(8)18(16)17/h1-6,11H,13H2,(H2,14,15)(H,16,17). The number of rotatable bonds is 3. The van der Waals surface area contributed by atoms with Crippen LogP contribution in [0.5, 0.6) is 0 Å². The van der Waals surface area contributed by atoms with Gasteiger partial charge in [-0.25, -0.2) is 4.21 Å². The van der Waals surface area contributed by atoms with Crippen LogP contribution >= 0.6 is 0 Å². The Morgan fingerprint density at radius 1 is 1.17 bits per heavy atom. The van der Waals surface area contributed by atoms with E-state index in [1.54, 1.807) is 36.4 Å². The Labute approximate surface area is 106 Å². The quantitative estimate of drug-likeness (QED) is 0.716. The summed E-state index contributed by atoms with van der Waals surface area (Å²) in [4.78, 5) is 11.4. The van der Waals surface area contributed by atoms with Crippen molar-refractivity contribution in [3.05, 3.63) is 42.0 Å². The minimum Gasteiger partial charge on any atom is -0.368 e. The molecular weight excluding hydrogens is 252 g/mol. The normalized spacial score (nSPS) is 14.3. The molecule has 0 fully saturated rings. The molecule has 2 aromatic rings. The summed E-state index contributed by atoms with van der Waals surface area (Å²) in [7, 11) is 0.